The highest BCUT2D eigenvalue weighted by Gasteiger charge is 2.22. The first-order valence-corrected chi connectivity index (χ1v) is 8.70. The molecule has 1 atom stereocenters. The van der Waals surface area contributed by atoms with Crippen LogP contribution < -0.4 is 10.6 Å². The lowest BCUT2D eigenvalue weighted by molar-refractivity contribution is 0.177. The molecule has 142 valence electrons. The van der Waals surface area contributed by atoms with E-state index in [9.17, 15) is 4.39 Å². The van der Waals surface area contributed by atoms with Gasteiger partial charge in [-0.25, -0.2) is 14.1 Å². The summed E-state index contributed by atoms with van der Waals surface area (Å²) in [5.74, 6) is 1.86. The number of guanidine groups is 1. The number of halogens is 1. The normalized spacial score (nSPS) is 16.5. The second-order valence-electron chi connectivity index (χ2n) is 6.28. The number of hydrogen-bond acceptors (Lipinski definition) is 5. The van der Waals surface area contributed by atoms with Gasteiger partial charge < -0.3 is 15.4 Å². The third-order valence-electron chi connectivity index (χ3n) is 4.36. The van der Waals surface area contributed by atoms with Gasteiger partial charge in [0, 0.05) is 38.7 Å². The Morgan fingerprint density at radius 2 is 2.37 bits per heavy atom. The molecule has 1 aromatic carbocycles. The Kier molecular flexibility index (Phi) is 5.98. The topological polar surface area (TPSA) is 100 Å². The minimum absolute atomic E-state index is 0.135. The Hall–Kier alpha value is -2.99. The van der Waals surface area contributed by atoms with Crippen LogP contribution in [0.1, 0.15) is 29.2 Å². The minimum atomic E-state index is -0.354. The minimum Gasteiger partial charge on any atom is -0.377 e. The van der Waals surface area contributed by atoms with E-state index in [-0.39, 0.29) is 18.4 Å². The molecule has 0 saturated heterocycles. The van der Waals surface area contributed by atoms with Crippen molar-refractivity contribution in [3.8, 4) is 6.07 Å². The molecule has 9 heteroatoms. The van der Waals surface area contributed by atoms with E-state index in [0.29, 0.717) is 36.1 Å². The number of ether oxygens (including phenoxy) is 1. The summed E-state index contributed by atoms with van der Waals surface area (Å²) >= 11 is 0. The molecular weight excluding hydrogens is 349 g/mol. The van der Waals surface area contributed by atoms with Crippen molar-refractivity contribution < 1.29 is 9.13 Å². The van der Waals surface area contributed by atoms with Gasteiger partial charge in [-0.1, -0.05) is 0 Å². The van der Waals surface area contributed by atoms with Crippen LogP contribution in [0.15, 0.2) is 23.2 Å². The molecule has 1 aliphatic heterocycles. The van der Waals surface area contributed by atoms with Crippen molar-refractivity contribution in [2.24, 2.45) is 4.99 Å². The van der Waals surface area contributed by atoms with Crippen LogP contribution in [0, 0.1) is 17.1 Å². The number of rotatable bonds is 5. The predicted molar refractivity (Wildman–Crippen MR) is 97.3 cm³/mol. The molecule has 2 aromatic rings. The molecule has 1 aromatic heterocycles. The Morgan fingerprint density at radius 3 is 3.11 bits per heavy atom. The first-order chi connectivity index (χ1) is 13.1. The van der Waals surface area contributed by atoms with Crippen LogP contribution in [0.5, 0.6) is 0 Å². The van der Waals surface area contributed by atoms with Gasteiger partial charge in [-0.2, -0.15) is 10.4 Å². The SMILES string of the molecule is CN=C(NCc1cc(C#N)ccc1F)NC1CCc2nc(COC)nn2C1. The number of benzene rings is 1. The van der Waals surface area contributed by atoms with Crippen molar-refractivity contribution in [3.05, 3.63) is 46.8 Å². The zero-order chi connectivity index (χ0) is 19.2. The van der Waals surface area contributed by atoms with Gasteiger partial charge in [-0.05, 0) is 24.6 Å². The zero-order valence-electron chi connectivity index (χ0n) is 15.4. The molecule has 8 nitrogen and oxygen atoms in total. The number of methoxy groups -OCH3 is 1. The first-order valence-electron chi connectivity index (χ1n) is 8.70. The molecule has 2 N–H and O–H groups in total. The van der Waals surface area contributed by atoms with E-state index < -0.39 is 0 Å². The second-order valence-corrected chi connectivity index (χ2v) is 6.28. The Balaban J connectivity index is 1.59. The summed E-state index contributed by atoms with van der Waals surface area (Å²) in [6.45, 7) is 1.31. The van der Waals surface area contributed by atoms with Crippen LogP contribution in [0.25, 0.3) is 0 Å². The average Bonchev–Trinajstić information content (AvgIpc) is 3.08. The number of aromatic nitrogens is 3. The summed E-state index contributed by atoms with van der Waals surface area (Å²) in [7, 11) is 3.28. The molecule has 0 amide bonds. The molecule has 0 saturated carbocycles. The number of fused-ring (bicyclic) bond motifs is 1. The molecular formula is C18H22FN7O. The fraction of sp³-hybridized carbons (Fsp3) is 0.444. The van der Waals surface area contributed by atoms with Crippen molar-refractivity contribution in [1.29, 1.82) is 5.26 Å². The van der Waals surface area contributed by atoms with Crippen LogP contribution in [0.4, 0.5) is 4.39 Å². The van der Waals surface area contributed by atoms with Gasteiger partial charge in [0.2, 0.25) is 0 Å². The summed E-state index contributed by atoms with van der Waals surface area (Å²) in [6.07, 6.45) is 1.70. The van der Waals surface area contributed by atoms with Gasteiger partial charge in [0.15, 0.2) is 11.8 Å². The molecule has 0 radical (unpaired) electrons. The standard InChI is InChI=1S/C18H22FN7O/c1-21-18(22-9-13-7-12(8-20)3-5-15(13)19)23-14-4-6-17-24-16(11-27-2)25-26(17)10-14/h3,5,7,14H,4,6,9-11H2,1-2H3,(H2,21,22,23). The largest absolute Gasteiger partial charge is 0.377 e. The summed E-state index contributed by atoms with van der Waals surface area (Å²) in [6, 6.07) is 6.45. The monoisotopic (exact) mass is 371 g/mol. The number of nitrogens with zero attached hydrogens (tertiary/aromatic N) is 5. The lowest BCUT2D eigenvalue weighted by Gasteiger charge is -2.25. The summed E-state index contributed by atoms with van der Waals surface area (Å²) in [5.41, 5.74) is 0.845. The maximum absolute atomic E-state index is 13.9. The highest BCUT2D eigenvalue weighted by molar-refractivity contribution is 5.80. The zero-order valence-corrected chi connectivity index (χ0v) is 15.4. The van der Waals surface area contributed by atoms with E-state index in [1.165, 1.54) is 18.2 Å². The van der Waals surface area contributed by atoms with E-state index in [2.05, 4.69) is 25.7 Å². The van der Waals surface area contributed by atoms with E-state index in [1.54, 1.807) is 14.2 Å². The molecule has 0 fully saturated rings. The smallest absolute Gasteiger partial charge is 0.191 e. The number of nitrogens with one attached hydrogen (secondary N) is 2. The number of aryl methyl sites for hydroxylation is 1. The molecule has 0 bridgehead atoms. The van der Waals surface area contributed by atoms with Crippen LogP contribution in [0.2, 0.25) is 0 Å². The first kappa shape index (κ1) is 18.8. The van der Waals surface area contributed by atoms with E-state index in [0.717, 1.165) is 18.7 Å². The molecule has 1 unspecified atom stereocenters. The lowest BCUT2D eigenvalue weighted by atomic mass is 10.1. The molecule has 2 heterocycles. The summed E-state index contributed by atoms with van der Waals surface area (Å²) < 4.78 is 20.9. The quantitative estimate of drug-likeness (QED) is 0.603. The van der Waals surface area contributed by atoms with E-state index in [4.69, 9.17) is 10.00 Å². The molecule has 0 spiro atoms. The van der Waals surface area contributed by atoms with Gasteiger partial charge >= 0.3 is 0 Å². The summed E-state index contributed by atoms with van der Waals surface area (Å²) in [4.78, 5) is 8.66. The maximum Gasteiger partial charge on any atom is 0.191 e. The average molecular weight is 371 g/mol. The highest BCUT2D eigenvalue weighted by atomic mass is 19.1. The summed E-state index contributed by atoms with van der Waals surface area (Å²) in [5, 5.41) is 19.8. The third kappa shape index (κ3) is 4.60. The molecule has 3 rings (SSSR count). The van der Waals surface area contributed by atoms with Crippen molar-refractivity contribution >= 4 is 5.96 Å². The van der Waals surface area contributed by atoms with Gasteiger partial charge in [0.25, 0.3) is 0 Å². The van der Waals surface area contributed by atoms with Gasteiger partial charge in [0.1, 0.15) is 18.2 Å². The molecule has 27 heavy (non-hydrogen) atoms. The van der Waals surface area contributed by atoms with Crippen molar-refractivity contribution in [2.75, 3.05) is 14.2 Å². The highest BCUT2D eigenvalue weighted by Crippen LogP contribution is 2.14. The lowest BCUT2D eigenvalue weighted by Crippen LogP contribution is -2.46. The number of hydrogen-bond donors (Lipinski definition) is 2. The van der Waals surface area contributed by atoms with Gasteiger partial charge in [-0.3, -0.25) is 4.99 Å². The Labute approximate surface area is 157 Å². The number of nitriles is 1. The second kappa shape index (κ2) is 8.60. The fourth-order valence-electron chi connectivity index (χ4n) is 3.02. The van der Waals surface area contributed by atoms with Crippen LogP contribution in [0.3, 0.4) is 0 Å². The van der Waals surface area contributed by atoms with Crippen molar-refractivity contribution in [3.63, 3.8) is 0 Å². The Morgan fingerprint density at radius 1 is 1.52 bits per heavy atom. The fourth-order valence-corrected chi connectivity index (χ4v) is 3.02. The maximum atomic E-state index is 13.9. The van der Waals surface area contributed by atoms with Gasteiger partial charge in [-0.15, -0.1) is 0 Å². The van der Waals surface area contributed by atoms with Crippen LogP contribution >= 0.6 is 0 Å². The Bertz CT molecular complexity index is 871. The van der Waals surface area contributed by atoms with Gasteiger partial charge in [0.05, 0.1) is 18.2 Å². The van der Waals surface area contributed by atoms with Crippen LogP contribution in [-0.2, 0) is 30.9 Å². The molecule has 0 aliphatic carbocycles. The van der Waals surface area contributed by atoms with Crippen molar-refractivity contribution in [1.82, 2.24) is 25.4 Å². The third-order valence-corrected chi connectivity index (χ3v) is 4.36. The van der Waals surface area contributed by atoms with Crippen molar-refractivity contribution in [2.45, 2.75) is 38.6 Å². The number of aliphatic imine (C=N–C) groups is 1. The van der Waals surface area contributed by atoms with Crippen LogP contribution in [-0.4, -0.2) is 40.9 Å². The molecule has 1 aliphatic rings. The predicted octanol–water partition coefficient (Wildman–Crippen LogP) is 1.12. The van der Waals surface area contributed by atoms with E-state index in [1.807, 2.05) is 10.8 Å². The van der Waals surface area contributed by atoms with E-state index >= 15 is 0 Å².